The van der Waals surface area contributed by atoms with Crippen LogP contribution in [0.1, 0.15) is 36.5 Å². The molecule has 0 aromatic heterocycles. The topological polar surface area (TPSA) is 51.2 Å². The highest BCUT2D eigenvalue weighted by Gasteiger charge is 2.79. The highest BCUT2D eigenvalue weighted by Crippen LogP contribution is 2.74. The molecule has 34 heavy (non-hydrogen) atoms. The molecule has 5 heteroatoms. The molecule has 0 unspecified atom stereocenters. The molecular weight excluding hydrogens is 426 g/mol. The molecule has 1 N–H and O–H groups in total. The predicted octanol–water partition coefficient (Wildman–Crippen LogP) is 4.22. The van der Waals surface area contributed by atoms with E-state index in [-0.39, 0.29) is 34.7 Å². The Kier molecular flexibility index (Phi) is 4.24. The molecule has 0 amide bonds. The molecule has 7 atom stereocenters. The number of fused-ring (bicyclic) bond motifs is 1. The number of aromatic hydroxyl groups is 1. The van der Waals surface area contributed by atoms with Crippen LogP contribution in [-0.4, -0.2) is 54.6 Å². The highest BCUT2D eigenvalue weighted by molar-refractivity contribution is 5.65. The molecule has 2 fully saturated rings. The van der Waals surface area contributed by atoms with Crippen molar-refractivity contribution in [2.75, 3.05) is 20.7 Å². The van der Waals surface area contributed by atoms with E-state index in [9.17, 15) is 5.11 Å². The maximum Gasteiger partial charge on any atom is 0.165 e. The number of rotatable bonds is 5. The third-order valence-corrected chi connectivity index (χ3v) is 10.0. The summed E-state index contributed by atoms with van der Waals surface area (Å²) in [6, 6.07) is 14.7. The number of likely N-dealkylation sites (tertiary alicyclic amines) is 1. The molecule has 2 aromatic carbocycles. The van der Waals surface area contributed by atoms with E-state index in [0.717, 1.165) is 25.8 Å². The van der Waals surface area contributed by atoms with Crippen LogP contribution in [0.3, 0.4) is 0 Å². The maximum absolute atomic E-state index is 10.9. The Bertz CT molecular complexity index is 1180. The van der Waals surface area contributed by atoms with E-state index in [2.05, 4.69) is 61.4 Å². The second-order valence-corrected chi connectivity index (χ2v) is 11.1. The van der Waals surface area contributed by atoms with Gasteiger partial charge in [0.15, 0.2) is 11.5 Å². The fourth-order valence-electron chi connectivity index (χ4n) is 8.56. The van der Waals surface area contributed by atoms with Gasteiger partial charge in [-0.15, -0.1) is 0 Å². The van der Waals surface area contributed by atoms with Gasteiger partial charge in [0.25, 0.3) is 0 Å². The first-order valence-electron chi connectivity index (χ1n) is 12.6. The number of phenols is 1. The van der Waals surface area contributed by atoms with Gasteiger partial charge in [-0.2, -0.15) is 0 Å². The van der Waals surface area contributed by atoms with Gasteiger partial charge in [-0.25, -0.2) is 0 Å². The van der Waals surface area contributed by atoms with Gasteiger partial charge in [-0.1, -0.05) is 48.6 Å². The van der Waals surface area contributed by atoms with Crippen molar-refractivity contribution in [3.8, 4) is 11.5 Å². The first-order valence-corrected chi connectivity index (χ1v) is 12.6. The summed E-state index contributed by atoms with van der Waals surface area (Å²) in [5.41, 5.74) is 2.93. The van der Waals surface area contributed by atoms with Crippen LogP contribution >= 0.6 is 0 Å². The van der Waals surface area contributed by atoms with Crippen LogP contribution in [0.4, 0.5) is 0 Å². The molecule has 8 rings (SSSR count). The van der Waals surface area contributed by atoms with Crippen molar-refractivity contribution in [1.82, 2.24) is 4.90 Å². The summed E-state index contributed by atoms with van der Waals surface area (Å²) < 4.78 is 19.8. The van der Waals surface area contributed by atoms with Crippen LogP contribution in [-0.2, 0) is 27.9 Å². The van der Waals surface area contributed by atoms with E-state index in [1.165, 1.54) is 16.7 Å². The number of ether oxygens (including phenoxy) is 3. The largest absolute Gasteiger partial charge is 0.504 e. The molecule has 178 valence electrons. The Morgan fingerprint density at radius 1 is 1.18 bits per heavy atom. The van der Waals surface area contributed by atoms with Crippen LogP contribution in [0.25, 0.3) is 0 Å². The van der Waals surface area contributed by atoms with Crippen molar-refractivity contribution >= 4 is 0 Å². The van der Waals surface area contributed by atoms with Crippen molar-refractivity contribution < 1.29 is 19.3 Å². The average molecular weight is 460 g/mol. The molecule has 2 heterocycles. The van der Waals surface area contributed by atoms with Gasteiger partial charge in [0, 0.05) is 30.0 Å². The van der Waals surface area contributed by atoms with Crippen LogP contribution in [0, 0.1) is 11.3 Å². The molecule has 1 saturated carbocycles. The Hall–Kier alpha value is -2.34. The van der Waals surface area contributed by atoms with E-state index in [4.69, 9.17) is 14.2 Å². The molecule has 2 spiro atoms. The third-order valence-electron chi connectivity index (χ3n) is 10.0. The van der Waals surface area contributed by atoms with E-state index in [1.807, 2.05) is 19.2 Å². The number of hydrogen-bond acceptors (Lipinski definition) is 5. The molecule has 5 nitrogen and oxygen atoms in total. The number of benzene rings is 2. The zero-order chi connectivity index (χ0) is 23.3. The van der Waals surface area contributed by atoms with Gasteiger partial charge >= 0.3 is 0 Å². The number of hydrogen-bond donors (Lipinski definition) is 1. The number of methoxy groups -OCH3 is 1. The van der Waals surface area contributed by atoms with Crippen molar-refractivity contribution in [3.63, 3.8) is 0 Å². The van der Waals surface area contributed by atoms with Crippen molar-refractivity contribution in [2.24, 2.45) is 11.3 Å². The Balaban J connectivity index is 1.36. The van der Waals surface area contributed by atoms with Crippen LogP contribution in [0.2, 0.25) is 0 Å². The second-order valence-electron chi connectivity index (χ2n) is 11.1. The second kappa shape index (κ2) is 6.87. The molecule has 4 aliphatic carbocycles. The fraction of sp³-hybridized carbons (Fsp3) is 0.517. The Morgan fingerprint density at radius 3 is 2.79 bits per heavy atom. The summed E-state index contributed by atoms with van der Waals surface area (Å²) >= 11 is 0. The average Bonchev–Trinajstić information content (AvgIpc) is 3.24. The van der Waals surface area contributed by atoms with Gasteiger partial charge < -0.3 is 24.2 Å². The number of nitrogens with zero attached hydrogens (tertiary/aromatic N) is 1. The molecule has 0 radical (unpaired) electrons. The summed E-state index contributed by atoms with van der Waals surface area (Å²) in [6.45, 7) is 3.80. The molecular formula is C29H33NO4. The van der Waals surface area contributed by atoms with E-state index < -0.39 is 5.60 Å². The summed E-state index contributed by atoms with van der Waals surface area (Å²) in [5, 5.41) is 10.9. The maximum atomic E-state index is 10.9. The zero-order valence-electron chi connectivity index (χ0n) is 20.2. The lowest BCUT2D eigenvalue weighted by Gasteiger charge is -2.71. The first kappa shape index (κ1) is 21.0. The molecule has 1 saturated heterocycles. The van der Waals surface area contributed by atoms with Crippen LogP contribution in [0.5, 0.6) is 11.5 Å². The quantitative estimate of drug-likeness (QED) is 0.679. The lowest BCUT2D eigenvalue weighted by atomic mass is 9.37. The lowest BCUT2D eigenvalue weighted by molar-refractivity contribution is -0.234. The zero-order valence-corrected chi connectivity index (χ0v) is 20.2. The van der Waals surface area contributed by atoms with Crippen molar-refractivity contribution in [1.29, 1.82) is 0 Å². The summed E-state index contributed by atoms with van der Waals surface area (Å²) in [7, 11) is 4.09. The monoisotopic (exact) mass is 459 g/mol. The van der Waals surface area contributed by atoms with Gasteiger partial charge in [0.05, 0.1) is 18.1 Å². The van der Waals surface area contributed by atoms with Gasteiger partial charge in [-0.3, -0.25) is 0 Å². The van der Waals surface area contributed by atoms with Crippen LogP contribution < -0.4 is 4.74 Å². The molecule has 6 aliphatic rings. The number of piperidine rings is 1. The molecule has 4 bridgehead atoms. The van der Waals surface area contributed by atoms with Crippen molar-refractivity contribution in [2.45, 2.75) is 62.1 Å². The minimum absolute atomic E-state index is 0.00679. The normalized spacial score (nSPS) is 39.6. The number of likely N-dealkylation sites (N-methyl/N-ethyl adjacent to an activating group) is 1. The highest BCUT2D eigenvalue weighted by atomic mass is 16.6. The smallest absolute Gasteiger partial charge is 0.165 e. The summed E-state index contributed by atoms with van der Waals surface area (Å²) in [6.07, 6.45) is 7.58. The standard InChI is InChI=1S/C29H33NO4/c1-18(33-17-19-7-5-4-6-8-19)21-16-27-11-12-29(21,32-3)26-28(27)13-14-30(2)23(27)15-20-9-10-22(31)25(34-26)24(20)28/h4-12,18,21,23,26,31H,13-17H2,1-3H3/t18-,21+,23+,26+,27+,28-,29+/m0/s1. The lowest BCUT2D eigenvalue weighted by Crippen LogP contribution is -2.79. The molecule has 2 aliphatic heterocycles. The van der Waals surface area contributed by atoms with E-state index in [1.54, 1.807) is 0 Å². The SMILES string of the molecule is CO[C@]12C=C[C@@]3(C[C@@H]1[C@H](C)OCc1ccccc1)[C@H]1Cc4ccc(O)c5c4[C@@]3(CCN1C)[C@H]2O5. The van der Waals surface area contributed by atoms with Crippen LogP contribution in [0.15, 0.2) is 54.6 Å². The first-order chi connectivity index (χ1) is 16.5. The molecule has 2 aromatic rings. The minimum atomic E-state index is -0.599. The van der Waals surface area contributed by atoms with Crippen molar-refractivity contribution in [3.05, 3.63) is 71.3 Å². The van der Waals surface area contributed by atoms with E-state index in [0.29, 0.717) is 18.4 Å². The Morgan fingerprint density at radius 2 is 2.00 bits per heavy atom. The minimum Gasteiger partial charge on any atom is -0.504 e. The van der Waals surface area contributed by atoms with Gasteiger partial charge in [-0.05, 0) is 57.0 Å². The van der Waals surface area contributed by atoms with E-state index >= 15 is 0 Å². The third kappa shape index (κ3) is 2.27. The predicted molar refractivity (Wildman–Crippen MR) is 129 cm³/mol. The van der Waals surface area contributed by atoms with Gasteiger partial charge in [0.1, 0.15) is 11.7 Å². The Labute approximate surface area is 201 Å². The summed E-state index contributed by atoms with van der Waals surface area (Å²) in [5.74, 6) is 1.10. The van der Waals surface area contributed by atoms with Gasteiger partial charge in [0.2, 0.25) is 0 Å². The summed E-state index contributed by atoms with van der Waals surface area (Å²) in [4.78, 5) is 2.55. The fourth-order valence-corrected chi connectivity index (χ4v) is 8.56. The number of phenolic OH excluding ortho intramolecular Hbond substituents is 1.